The lowest BCUT2D eigenvalue weighted by atomic mass is 9.49. The van der Waals surface area contributed by atoms with Gasteiger partial charge in [0.2, 0.25) is 12.2 Å². The molecule has 26 heteroatoms. The number of carbonyl (C=O) groups is 11. The number of aliphatic hydroxyl groups is 1. The van der Waals surface area contributed by atoms with Gasteiger partial charge in [0, 0.05) is 32.1 Å². The van der Waals surface area contributed by atoms with E-state index in [1.165, 1.54) is 12.8 Å². The van der Waals surface area contributed by atoms with Gasteiger partial charge in [-0.05, 0) is 206 Å². The van der Waals surface area contributed by atoms with E-state index < -0.39 is 151 Å². The van der Waals surface area contributed by atoms with Crippen molar-refractivity contribution in [2.24, 2.45) is 76.9 Å². The molecule has 92 heavy (non-hydrogen) atoms. The maximum atomic E-state index is 13.7. The average molecular weight is 1310 g/mol. The van der Waals surface area contributed by atoms with Gasteiger partial charge in [0.25, 0.3) is 0 Å². The predicted octanol–water partition coefficient (Wildman–Crippen LogP) is 7.67. The SMILES string of the molecule is CC(F)(F)C(=O)OC(CC(=O)OCC(=O)OC12CC3CC(CC(O)(C3)C1)C2)C(=O)OCC(=O)OC12CC3CC(C1)C(=O)C(C3)C2.CCC1(OC(=O)COC(=O)CC(OC(=O)C(C)(F)F)C(=O)OCC(=O)OC2(CC)C3CC4CC(C3)CC2C4)C2CC3CC(C2)CC1C3. The summed E-state index contributed by atoms with van der Waals surface area (Å²) in [6.45, 7) is 1.12. The molecule has 0 aromatic carbocycles. The molecule has 0 aromatic heterocycles. The highest BCUT2D eigenvalue weighted by molar-refractivity contribution is 5.89. The molecule has 0 heterocycles. The lowest BCUT2D eigenvalue weighted by Gasteiger charge is -2.60. The summed E-state index contributed by atoms with van der Waals surface area (Å²) in [4.78, 5) is 138. The second kappa shape index (κ2) is 25.6. The highest BCUT2D eigenvalue weighted by atomic mass is 19.3. The summed E-state index contributed by atoms with van der Waals surface area (Å²) < 4.78 is 107. The van der Waals surface area contributed by atoms with E-state index in [2.05, 4.69) is 9.47 Å². The smallest absolute Gasteiger partial charge is 0.377 e. The number of esters is 10. The summed E-state index contributed by atoms with van der Waals surface area (Å²) in [6.07, 6.45) is 12.1. The monoisotopic (exact) mass is 1310 g/mol. The average Bonchev–Trinajstić information content (AvgIpc) is 0.761. The fourth-order valence-electron chi connectivity index (χ4n) is 20.6. The summed E-state index contributed by atoms with van der Waals surface area (Å²) in [6, 6.07) is 0. The second-order valence-corrected chi connectivity index (χ2v) is 29.9. The van der Waals surface area contributed by atoms with Gasteiger partial charge in [0.05, 0.1) is 18.4 Å². The zero-order valence-electron chi connectivity index (χ0n) is 52.7. The minimum absolute atomic E-state index is 0.173. The fourth-order valence-corrected chi connectivity index (χ4v) is 20.6. The second-order valence-electron chi connectivity index (χ2n) is 29.9. The predicted molar refractivity (Wildman–Crippen MR) is 302 cm³/mol. The van der Waals surface area contributed by atoms with Gasteiger partial charge < -0.3 is 52.5 Å². The summed E-state index contributed by atoms with van der Waals surface area (Å²) in [7, 11) is 0. The maximum Gasteiger partial charge on any atom is 0.377 e. The van der Waals surface area contributed by atoms with Gasteiger partial charge in [-0.2, -0.15) is 17.6 Å². The third kappa shape index (κ3) is 14.3. The number of halogens is 4. The van der Waals surface area contributed by atoms with Crippen LogP contribution in [0.2, 0.25) is 0 Å². The Kier molecular flexibility index (Phi) is 18.8. The Bertz CT molecular complexity index is 2840. The molecule has 16 fully saturated rings. The molecule has 16 aliphatic rings. The van der Waals surface area contributed by atoms with Crippen LogP contribution in [0.4, 0.5) is 17.6 Å². The number of hydrogen-bond acceptors (Lipinski definition) is 22. The number of hydrogen-bond donors (Lipinski definition) is 1. The standard InChI is InChI=1S/C35H48F2O10.C31H38F2O12/c1-4-34(23-8-19-6-20(10-23)11-24(34)9-19)46-29(39)17-43-28(38)16-27(45-32(42)33(3,36)37)31(41)44-18-30(40)47-35(5-2)25-12-21-7-22(14-25)15-26(35)13-21;1-28(32,33)27(39)43-21(26(38)42-14-24(36)44-30-8-16-3-19(11-30)25(37)20(4-16)12-30)5-22(34)41-13-23(35)45-31-9-17-2-18(10-31)7-29(40,6-17)15-31/h19-27H,4-18H2,1-3H3;16-21,40H,2-15H2,1H3. The third-order valence-corrected chi connectivity index (χ3v) is 23.1. The highest BCUT2D eigenvalue weighted by Crippen LogP contribution is 2.63. The number of alkyl halides is 4. The van der Waals surface area contributed by atoms with Crippen LogP contribution in [-0.4, -0.2) is 149 Å². The minimum Gasteiger partial charge on any atom is -0.456 e. The first-order valence-corrected chi connectivity index (χ1v) is 33.2. The largest absolute Gasteiger partial charge is 0.456 e. The zero-order valence-corrected chi connectivity index (χ0v) is 52.7. The molecule has 0 spiro atoms. The van der Waals surface area contributed by atoms with Crippen molar-refractivity contribution in [1.82, 2.24) is 0 Å². The van der Waals surface area contributed by atoms with E-state index in [-0.39, 0.29) is 72.9 Å². The van der Waals surface area contributed by atoms with E-state index in [9.17, 15) is 75.4 Å². The molecule has 0 saturated heterocycles. The normalized spacial score (nSPS) is 38.2. The number of ether oxygens (including phenoxy) is 10. The van der Waals surface area contributed by atoms with Crippen LogP contribution in [0.3, 0.4) is 0 Å². The van der Waals surface area contributed by atoms with Crippen LogP contribution >= 0.6 is 0 Å². The molecule has 16 aliphatic carbocycles. The van der Waals surface area contributed by atoms with E-state index >= 15 is 0 Å². The molecule has 22 nitrogen and oxygen atoms in total. The Hall–Kier alpha value is -5.95. The van der Waals surface area contributed by atoms with E-state index in [4.69, 9.17) is 37.9 Å². The number of rotatable bonds is 24. The summed E-state index contributed by atoms with van der Waals surface area (Å²) in [5, 5.41) is 10.8. The van der Waals surface area contributed by atoms with Crippen LogP contribution < -0.4 is 0 Å². The Labute approximate surface area is 530 Å². The van der Waals surface area contributed by atoms with E-state index in [1.54, 1.807) is 0 Å². The van der Waals surface area contributed by atoms with Crippen LogP contribution in [0, 0.1) is 76.9 Å². The summed E-state index contributed by atoms with van der Waals surface area (Å²) >= 11 is 0. The lowest BCUT2D eigenvalue weighted by molar-refractivity contribution is -0.222. The first kappa shape index (κ1) is 67.5. The molecule has 1 N–H and O–H groups in total. The molecule has 16 rings (SSSR count). The Morgan fingerprint density at radius 3 is 1.13 bits per heavy atom. The van der Waals surface area contributed by atoms with E-state index in [1.807, 2.05) is 13.8 Å². The Morgan fingerprint density at radius 2 is 0.772 bits per heavy atom. The van der Waals surface area contributed by atoms with Gasteiger partial charge in [0.15, 0.2) is 26.4 Å². The van der Waals surface area contributed by atoms with E-state index in [0.29, 0.717) is 87.9 Å². The van der Waals surface area contributed by atoms with Gasteiger partial charge in [-0.25, -0.2) is 38.4 Å². The van der Waals surface area contributed by atoms with Crippen molar-refractivity contribution in [3.8, 4) is 0 Å². The van der Waals surface area contributed by atoms with Crippen LogP contribution in [0.15, 0.2) is 0 Å². The van der Waals surface area contributed by atoms with Crippen molar-refractivity contribution in [2.75, 3.05) is 26.4 Å². The van der Waals surface area contributed by atoms with Crippen LogP contribution in [0.1, 0.15) is 188 Å². The quantitative estimate of drug-likeness (QED) is 0.0550. The molecule has 16 saturated carbocycles. The Balaban J connectivity index is 0.000000189. The Morgan fingerprint density at radius 1 is 0.435 bits per heavy atom. The van der Waals surface area contributed by atoms with Gasteiger partial charge in [0.1, 0.15) is 28.2 Å². The molecule has 0 aromatic rings. The molecule has 510 valence electrons. The van der Waals surface area contributed by atoms with Crippen molar-refractivity contribution < 1.29 is 123 Å². The third-order valence-electron chi connectivity index (χ3n) is 23.1. The first-order chi connectivity index (χ1) is 43.3. The number of Topliss-reactive ketones (excluding diaryl/α,β-unsaturated/α-hetero) is 1. The maximum absolute atomic E-state index is 13.7. The highest BCUT2D eigenvalue weighted by Gasteiger charge is 2.63. The number of ketones is 1. The van der Waals surface area contributed by atoms with Gasteiger partial charge >= 0.3 is 71.5 Å². The summed E-state index contributed by atoms with van der Waals surface area (Å²) in [5.74, 6) is -16.5. The molecule has 0 amide bonds. The molecular weight excluding hydrogens is 1220 g/mol. The minimum atomic E-state index is -4.01. The number of carbonyl (C=O) groups excluding carboxylic acids is 11. The first-order valence-electron chi connectivity index (χ1n) is 33.2. The topological polar surface area (TPSA) is 300 Å². The van der Waals surface area contributed by atoms with Crippen molar-refractivity contribution >= 4 is 65.5 Å². The van der Waals surface area contributed by atoms with Crippen molar-refractivity contribution in [1.29, 1.82) is 0 Å². The van der Waals surface area contributed by atoms with Crippen molar-refractivity contribution in [3.05, 3.63) is 0 Å². The van der Waals surface area contributed by atoms with Crippen molar-refractivity contribution in [2.45, 2.75) is 240 Å². The van der Waals surface area contributed by atoms with Gasteiger partial charge in [-0.1, -0.05) is 13.8 Å². The van der Waals surface area contributed by atoms with Crippen molar-refractivity contribution in [3.63, 3.8) is 0 Å². The molecule has 6 atom stereocenters. The fraction of sp³-hybridized carbons (Fsp3) is 0.833. The van der Waals surface area contributed by atoms with Crippen LogP contribution in [0.25, 0.3) is 0 Å². The van der Waals surface area contributed by atoms with E-state index in [0.717, 1.165) is 70.6 Å². The molecule has 16 bridgehead atoms. The van der Waals surface area contributed by atoms with Gasteiger partial charge in [-0.15, -0.1) is 0 Å². The zero-order chi connectivity index (χ0) is 66.1. The van der Waals surface area contributed by atoms with Gasteiger partial charge in [-0.3, -0.25) is 14.4 Å². The molecular formula is C66H86F4O22. The summed E-state index contributed by atoms with van der Waals surface area (Å²) in [5.41, 5.74) is -3.82. The molecule has 0 radical (unpaired) electrons. The molecule has 0 aliphatic heterocycles. The van der Waals surface area contributed by atoms with Crippen LogP contribution in [-0.2, 0) is 100 Å². The lowest BCUT2D eigenvalue weighted by Crippen LogP contribution is -2.60. The van der Waals surface area contributed by atoms with Crippen LogP contribution in [0.5, 0.6) is 0 Å². The molecule has 6 unspecified atom stereocenters.